The molecular formula is C13H10BrClN4O. The van der Waals surface area contributed by atoms with Gasteiger partial charge in [-0.3, -0.25) is 0 Å². The Kier molecular flexibility index (Phi) is 3.35. The molecule has 0 fully saturated rings. The van der Waals surface area contributed by atoms with Gasteiger partial charge in [-0.15, -0.1) is 0 Å². The van der Waals surface area contributed by atoms with Crippen molar-refractivity contribution in [3.8, 4) is 11.6 Å². The predicted molar refractivity (Wildman–Crippen MR) is 79.5 cm³/mol. The van der Waals surface area contributed by atoms with Gasteiger partial charge in [0.15, 0.2) is 0 Å². The number of ether oxygens (including phenoxy) is 1. The molecule has 1 aromatic carbocycles. The van der Waals surface area contributed by atoms with E-state index in [4.69, 9.17) is 16.3 Å². The zero-order valence-electron chi connectivity index (χ0n) is 10.8. The Morgan fingerprint density at radius 3 is 2.85 bits per heavy atom. The van der Waals surface area contributed by atoms with Crippen LogP contribution in [0.4, 0.5) is 0 Å². The van der Waals surface area contributed by atoms with Gasteiger partial charge in [-0.05, 0) is 37.6 Å². The summed E-state index contributed by atoms with van der Waals surface area (Å²) in [6, 6.07) is 5.73. The van der Waals surface area contributed by atoms with Crippen molar-refractivity contribution < 1.29 is 4.74 Å². The molecule has 0 saturated heterocycles. The molecule has 0 aliphatic heterocycles. The average Bonchev–Trinajstić information content (AvgIpc) is 2.87. The lowest BCUT2D eigenvalue weighted by Crippen LogP contribution is -2.01. The topological polar surface area (TPSA) is 52.3 Å². The van der Waals surface area contributed by atoms with Crippen molar-refractivity contribution in [2.75, 3.05) is 0 Å². The van der Waals surface area contributed by atoms with Crippen molar-refractivity contribution in [1.29, 1.82) is 0 Å². The summed E-state index contributed by atoms with van der Waals surface area (Å²) in [4.78, 5) is 8.16. The molecule has 0 N–H and O–H groups in total. The Morgan fingerprint density at radius 2 is 2.10 bits per heavy atom. The molecule has 3 aromatic rings. The monoisotopic (exact) mass is 352 g/mol. The van der Waals surface area contributed by atoms with E-state index in [1.165, 1.54) is 10.8 Å². The fourth-order valence-electron chi connectivity index (χ4n) is 1.79. The molecule has 0 aliphatic rings. The van der Waals surface area contributed by atoms with E-state index in [1.807, 2.05) is 32.0 Å². The summed E-state index contributed by atoms with van der Waals surface area (Å²) < 4.78 is 8.47. The summed E-state index contributed by atoms with van der Waals surface area (Å²) in [6.07, 6.45) is 1.41. The molecule has 0 aliphatic carbocycles. The van der Waals surface area contributed by atoms with Crippen LogP contribution in [-0.4, -0.2) is 19.6 Å². The van der Waals surface area contributed by atoms with Crippen molar-refractivity contribution in [3.05, 3.63) is 45.3 Å². The highest BCUT2D eigenvalue weighted by Gasteiger charge is 2.14. The van der Waals surface area contributed by atoms with Crippen molar-refractivity contribution in [2.24, 2.45) is 0 Å². The number of halogens is 2. The van der Waals surface area contributed by atoms with Crippen molar-refractivity contribution in [3.63, 3.8) is 0 Å². The Hall–Kier alpha value is -1.66. The van der Waals surface area contributed by atoms with Gasteiger partial charge in [-0.1, -0.05) is 27.5 Å². The number of aromatic nitrogens is 4. The number of rotatable bonds is 2. The first kappa shape index (κ1) is 13.3. The van der Waals surface area contributed by atoms with Crippen LogP contribution in [0, 0.1) is 13.8 Å². The first-order valence-electron chi connectivity index (χ1n) is 5.86. The molecule has 2 aromatic heterocycles. The molecule has 5 nitrogen and oxygen atoms in total. The van der Waals surface area contributed by atoms with Crippen LogP contribution in [0.25, 0.3) is 5.78 Å². The number of nitrogens with zero attached hydrogens (tertiary/aromatic N) is 4. The molecule has 20 heavy (non-hydrogen) atoms. The molecule has 0 saturated carbocycles. The fourth-order valence-corrected chi connectivity index (χ4v) is 2.19. The van der Waals surface area contributed by atoms with Gasteiger partial charge in [0.1, 0.15) is 17.2 Å². The van der Waals surface area contributed by atoms with Gasteiger partial charge in [0.2, 0.25) is 5.88 Å². The van der Waals surface area contributed by atoms with Gasteiger partial charge < -0.3 is 4.74 Å². The van der Waals surface area contributed by atoms with Gasteiger partial charge in [-0.25, -0.2) is 0 Å². The number of fused-ring (bicyclic) bond motifs is 1. The van der Waals surface area contributed by atoms with Gasteiger partial charge in [0.05, 0.1) is 0 Å². The Bertz CT molecular complexity index is 802. The Labute approximate surface area is 128 Å². The van der Waals surface area contributed by atoms with Gasteiger partial charge in [0.25, 0.3) is 5.78 Å². The van der Waals surface area contributed by atoms with E-state index in [-0.39, 0.29) is 0 Å². The zero-order valence-corrected chi connectivity index (χ0v) is 13.1. The first-order chi connectivity index (χ1) is 9.56. The maximum atomic E-state index is 6.09. The van der Waals surface area contributed by atoms with Gasteiger partial charge in [-0.2, -0.15) is 19.6 Å². The lowest BCUT2D eigenvalue weighted by Gasteiger charge is -2.11. The molecule has 0 amide bonds. The maximum Gasteiger partial charge on any atom is 0.256 e. The number of hydrogen-bond donors (Lipinski definition) is 0. The van der Waals surface area contributed by atoms with E-state index in [0.717, 1.165) is 10.0 Å². The standard InChI is InChI=1S/C13H10BrClN4O/c1-7-5-9(3-4-10(7)14)20-12-8(2)11(15)18-13-16-6-17-19(12)13/h3-6H,1-2H3. The molecule has 2 heterocycles. The summed E-state index contributed by atoms with van der Waals surface area (Å²) in [5.41, 5.74) is 1.79. The third-order valence-electron chi connectivity index (χ3n) is 2.89. The summed E-state index contributed by atoms with van der Waals surface area (Å²) >= 11 is 9.55. The van der Waals surface area contributed by atoms with Crippen LogP contribution in [0.15, 0.2) is 29.0 Å². The normalized spacial score (nSPS) is 11.0. The van der Waals surface area contributed by atoms with E-state index < -0.39 is 0 Å². The SMILES string of the molecule is Cc1cc(Oc2c(C)c(Cl)nc3ncnn23)ccc1Br. The molecule has 0 spiro atoms. The quantitative estimate of drug-likeness (QED) is 0.655. The van der Waals surface area contributed by atoms with Crippen LogP contribution in [-0.2, 0) is 0 Å². The minimum atomic E-state index is 0.356. The van der Waals surface area contributed by atoms with E-state index in [2.05, 4.69) is 31.0 Å². The molecule has 3 rings (SSSR count). The summed E-state index contributed by atoms with van der Waals surface area (Å²) in [5, 5.41) is 4.46. The highest BCUT2D eigenvalue weighted by molar-refractivity contribution is 9.10. The number of benzene rings is 1. The summed E-state index contributed by atoms with van der Waals surface area (Å²) in [7, 11) is 0. The number of aryl methyl sites for hydroxylation is 1. The van der Waals surface area contributed by atoms with E-state index in [9.17, 15) is 0 Å². The maximum absolute atomic E-state index is 6.09. The molecule has 0 atom stereocenters. The van der Waals surface area contributed by atoms with Crippen molar-refractivity contribution >= 4 is 33.3 Å². The second kappa shape index (κ2) is 5.03. The van der Waals surface area contributed by atoms with Crippen LogP contribution in [0.2, 0.25) is 5.15 Å². The largest absolute Gasteiger partial charge is 0.438 e. The Balaban J connectivity index is 2.11. The van der Waals surface area contributed by atoms with Crippen LogP contribution in [0.5, 0.6) is 11.6 Å². The van der Waals surface area contributed by atoms with Crippen molar-refractivity contribution in [1.82, 2.24) is 19.6 Å². The second-order valence-electron chi connectivity index (χ2n) is 4.32. The fraction of sp³-hybridized carbons (Fsp3) is 0.154. The van der Waals surface area contributed by atoms with Crippen LogP contribution in [0.3, 0.4) is 0 Å². The van der Waals surface area contributed by atoms with Gasteiger partial charge >= 0.3 is 0 Å². The first-order valence-corrected chi connectivity index (χ1v) is 7.03. The highest BCUT2D eigenvalue weighted by atomic mass is 79.9. The third kappa shape index (κ3) is 2.25. The highest BCUT2D eigenvalue weighted by Crippen LogP contribution is 2.30. The van der Waals surface area contributed by atoms with Crippen LogP contribution < -0.4 is 4.74 Å². The smallest absolute Gasteiger partial charge is 0.256 e. The average molecular weight is 354 g/mol. The lowest BCUT2D eigenvalue weighted by molar-refractivity contribution is 0.441. The molecule has 102 valence electrons. The minimum Gasteiger partial charge on any atom is -0.438 e. The van der Waals surface area contributed by atoms with E-state index >= 15 is 0 Å². The summed E-state index contributed by atoms with van der Waals surface area (Å²) in [5.74, 6) is 1.62. The van der Waals surface area contributed by atoms with Crippen molar-refractivity contribution in [2.45, 2.75) is 13.8 Å². The van der Waals surface area contributed by atoms with E-state index in [1.54, 1.807) is 0 Å². The lowest BCUT2D eigenvalue weighted by atomic mass is 10.2. The molecule has 0 bridgehead atoms. The number of hydrogen-bond acceptors (Lipinski definition) is 4. The third-order valence-corrected chi connectivity index (χ3v) is 4.15. The molecule has 0 unspecified atom stereocenters. The van der Waals surface area contributed by atoms with Gasteiger partial charge in [0, 0.05) is 10.0 Å². The van der Waals surface area contributed by atoms with E-state index in [0.29, 0.717) is 28.1 Å². The minimum absolute atomic E-state index is 0.356. The zero-order chi connectivity index (χ0) is 14.3. The molecular weight excluding hydrogens is 344 g/mol. The predicted octanol–water partition coefficient (Wildman–Crippen LogP) is 3.95. The second-order valence-corrected chi connectivity index (χ2v) is 5.53. The summed E-state index contributed by atoms with van der Waals surface area (Å²) in [6.45, 7) is 3.83. The van der Waals surface area contributed by atoms with Crippen LogP contribution in [0.1, 0.15) is 11.1 Å². The van der Waals surface area contributed by atoms with Crippen LogP contribution >= 0.6 is 27.5 Å². The molecule has 7 heteroatoms. The Morgan fingerprint density at radius 1 is 1.30 bits per heavy atom. The molecule has 0 radical (unpaired) electrons.